The lowest BCUT2D eigenvalue weighted by molar-refractivity contribution is 0.243. The molecule has 1 aliphatic rings. The summed E-state index contributed by atoms with van der Waals surface area (Å²) in [5, 5.41) is 3.25. The molecule has 0 unspecified atom stereocenters. The van der Waals surface area contributed by atoms with Gasteiger partial charge in [0.05, 0.1) is 0 Å². The first-order chi connectivity index (χ1) is 5.52. The standard InChI is InChI=1S/C9H19N3/c1-7(2)11-8(10)12-9(3)5-4-6-9/h7H,4-6H2,1-3H3,(H3,10,11,12). The molecule has 0 aromatic carbocycles. The number of hydrogen-bond acceptors (Lipinski definition) is 1. The van der Waals surface area contributed by atoms with Crippen molar-refractivity contribution in [1.82, 2.24) is 5.32 Å². The average molecular weight is 169 g/mol. The van der Waals surface area contributed by atoms with Gasteiger partial charge in [0, 0.05) is 11.6 Å². The summed E-state index contributed by atoms with van der Waals surface area (Å²) in [7, 11) is 0. The quantitative estimate of drug-likeness (QED) is 0.482. The summed E-state index contributed by atoms with van der Waals surface area (Å²) in [4.78, 5) is 4.23. The second-order valence-electron chi connectivity index (χ2n) is 4.15. The van der Waals surface area contributed by atoms with E-state index in [4.69, 9.17) is 5.73 Å². The van der Waals surface area contributed by atoms with E-state index in [0.717, 1.165) is 0 Å². The van der Waals surface area contributed by atoms with Crippen molar-refractivity contribution in [3.63, 3.8) is 0 Å². The topological polar surface area (TPSA) is 50.4 Å². The maximum Gasteiger partial charge on any atom is 0.189 e. The van der Waals surface area contributed by atoms with E-state index in [1.165, 1.54) is 19.3 Å². The summed E-state index contributed by atoms with van der Waals surface area (Å²) < 4.78 is 0. The highest BCUT2D eigenvalue weighted by atomic mass is 15.1. The predicted molar refractivity (Wildman–Crippen MR) is 52.2 cm³/mol. The SMILES string of the molecule is CC(C)N=C(N)NC1(C)CCC1. The van der Waals surface area contributed by atoms with Gasteiger partial charge in [-0.25, -0.2) is 0 Å². The smallest absolute Gasteiger partial charge is 0.189 e. The molecular formula is C9H19N3. The number of guanidine groups is 1. The van der Waals surface area contributed by atoms with Crippen molar-refractivity contribution < 1.29 is 0 Å². The Morgan fingerprint density at radius 3 is 2.42 bits per heavy atom. The Labute approximate surface area is 74.4 Å². The van der Waals surface area contributed by atoms with Crippen molar-refractivity contribution in [1.29, 1.82) is 0 Å². The first-order valence-electron chi connectivity index (χ1n) is 4.63. The molecule has 12 heavy (non-hydrogen) atoms. The normalized spacial score (nSPS) is 22.2. The number of aliphatic imine (C=N–C) groups is 1. The lowest BCUT2D eigenvalue weighted by atomic mass is 9.79. The van der Waals surface area contributed by atoms with Gasteiger partial charge in [-0.1, -0.05) is 0 Å². The molecule has 0 spiro atoms. The van der Waals surface area contributed by atoms with Crippen molar-refractivity contribution >= 4 is 5.96 Å². The highest BCUT2D eigenvalue weighted by molar-refractivity contribution is 5.78. The number of nitrogens with two attached hydrogens (primary N) is 1. The number of nitrogens with one attached hydrogen (secondary N) is 1. The minimum atomic E-state index is 0.225. The van der Waals surface area contributed by atoms with Crippen molar-refractivity contribution in [3.8, 4) is 0 Å². The molecule has 1 aliphatic carbocycles. The Morgan fingerprint density at radius 1 is 1.50 bits per heavy atom. The monoisotopic (exact) mass is 169 g/mol. The van der Waals surface area contributed by atoms with E-state index >= 15 is 0 Å². The highest BCUT2D eigenvalue weighted by Gasteiger charge is 2.31. The molecule has 3 N–H and O–H groups in total. The summed E-state index contributed by atoms with van der Waals surface area (Å²) in [5.41, 5.74) is 5.93. The molecule has 1 saturated carbocycles. The number of hydrogen-bond donors (Lipinski definition) is 2. The van der Waals surface area contributed by atoms with E-state index in [2.05, 4.69) is 17.2 Å². The third-order valence-corrected chi connectivity index (χ3v) is 2.28. The summed E-state index contributed by atoms with van der Waals surface area (Å²) in [6, 6.07) is 0.279. The van der Waals surface area contributed by atoms with Crippen molar-refractivity contribution in [2.24, 2.45) is 10.7 Å². The van der Waals surface area contributed by atoms with E-state index in [1.54, 1.807) is 0 Å². The molecule has 0 bridgehead atoms. The van der Waals surface area contributed by atoms with Crippen molar-refractivity contribution in [2.75, 3.05) is 0 Å². The summed E-state index contributed by atoms with van der Waals surface area (Å²) >= 11 is 0. The fraction of sp³-hybridized carbons (Fsp3) is 0.889. The van der Waals surface area contributed by atoms with E-state index < -0.39 is 0 Å². The zero-order chi connectivity index (χ0) is 9.19. The molecule has 3 heteroatoms. The summed E-state index contributed by atoms with van der Waals surface area (Å²) in [6.45, 7) is 6.24. The third kappa shape index (κ3) is 2.40. The van der Waals surface area contributed by atoms with Crippen LogP contribution < -0.4 is 11.1 Å². The van der Waals surface area contributed by atoms with Gasteiger partial charge in [-0.2, -0.15) is 0 Å². The van der Waals surface area contributed by atoms with Crippen LogP contribution in [0, 0.1) is 0 Å². The van der Waals surface area contributed by atoms with Crippen LogP contribution in [0.1, 0.15) is 40.0 Å². The molecule has 0 aromatic rings. The molecule has 0 heterocycles. The molecule has 0 radical (unpaired) electrons. The van der Waals surface area contributed by atoms with Gasteiger partial charge in [0.1, 0.15) is 0 Å². The van der Waals surface area contributed by atoms with Crippen LogP contribution in [0.4, 0.5) is 0 Å². The average Bonchev–Trinajstić information content (AvgIpc) is 1.81. The zero-order valence-electron chi connectivity index (χ0n) is 8.22. The maximum absolute atomic E-state index is 5.71. The maximum atomic E-state index is 5.71. The zero-order valence-corrected chi connectivity index (χ0v) is 8.22. The van der Waals surface area contributed by atoms with Gasteiger partial charge >= 0.3 is 0 Å². The van der Waals surface area contributed by atoms with Gasteiger partial charge in [-0.3, -0.25) is 4.99 Å². The Morgan fingerprint density at radius 2 is 2.08 bits per heavy atom. The Kier molecular flexibility index (Phi) is 2.60. The van der Waals surface area contributed by atoms with Gasteiger partial charge in [-0.15, -0.1) is 0 Å². The molecular weight excluding hydrogens is 150 g/mol. The van der Waals surface area contributed by atoms with Gasteiger partial charge in [0.2, 0.25) is 0 Å². The highest BCUT2D eigenvalue weighted by Crippen LogP contribution is 2.30. The third-order valence-electron chi connectivity index (χ3n) is 2.28. The van der Waals surface area contributed by atoms with Crippen molar-refractivity contribution in [2.45, 2.75) is 51.6 Å². The fourth-order valence-electron chi connectivity index (χ4n) is 1.45. The molecule has 0 saturated heterocycles. The van der Waals surface area contributed by atoms with Crippen LogP contribution in [-0.4, -0.2) is 17.5 Å². The lowest BCUT2D eigenvalue weighted by Crippen LogP contribution is -2.53. The molecule has 3 nitrogen and oxygen atoms in total. The first kappa shape index (κ1) is 9.36. The van der Waals surface area contributed by atoms with Crippen LogP contribution in [0.15, 0.2) is 4.99 Å². The van der Waals surface area contributed by atoms with E-state index in [9.17, 15) is 0 Å². The largest absolute Gasteiger partial charge is 0.370 e. The molecule has 0 aromatic heterocycles. The van der Waals surface area contributed by atoms with Crippen LogP contribution >= 0.6 is 0 Å². The molecule has 0 atom stereocenters. The van der Waals surface area contributed by atoms with E-state index in [1.807, 2.05) is 13.8 Å². The Bertz CT molecular complexity index is 180. The van der Waals surface area contributed by atoms with Crippen LogP contribution in [0.5, 0.6) is 0 Å². The van der Waals surface area contributed by atoms with Gasteiger partial charge < -0.3 is 11.1 Å². The van der Waals surface area contributed by atoms with Gasteiger partial charge in [0.15, 0.2) is 5.96 Å². The van der Waals surface area contributed by atoms with Gasteiger partial charge in [-0.05, 0) is 40.0 Å². The molecule has 1 rings (SSSR count). The second-order valence-corrected chi connectivity index (χ2v) is 4.15. The Balaban J connectivity index is 2.39. The van der Waals surface area contributed by atoms with Crippen molar-refractivity contribution in [3.05, 3.63) is 0 Å². The van der Waals surface area contributed by atoms with Crippen LogP contribution in [0.25, 0.3) is 0 Å². The number of nitrogens with zero attached hydrogens (tertiary/aromatic N) is 1. The lowest BCUT2D eigenvalue weighted by Gasteiger charge is -2.39. The first-order valence-corrected chi connectivity index (χ1v) is 4.63. The minimum Gasteiger partial charge on any atom is -0.370 e. The predicted octanol–water partition coefficient (Wildman–Crippen LogP) is 1.24. The molecule has 0 amide bonds. The van der Waals surface area contributed by atoms with Crippen LogP contribution in [0.2, 0.25) is 0 Å². The molecule has 70 valence electrons. The van der Waals surface area contributed by atoms with E-state index in [0.29, 0.717) is 5.96 Å². The molecule has 1 fully saturated rings. The van der Waals surface area contributed by atoms with Gasteiger partial charge in [0.25, 0.3) is 0 Å². The minimum absolute atomic E-state index is 0.225. The Hall–Kier alpha value is -0.730. The van der Waals surface area contributed by atoms with Crippen LogP contribution in [-0.2, 0) is 0 Å². The second kappa shape index (κ2) is 3.33. The van der Waals surface area contributed by atoms with Crippen LogP contribution in [0.3, 0.4) is 0 Å². The van der Waals surface area contributed by atoms with E-state index in [-0.39, 0.29) is 11.6 Å². The molecule has 0 aliphatic heterocycles. The fourth-order valence-corrected chi connectivity index (χ4v) is 1.45. The summed E-state index contributed by atoms with van der Waals surface area (Å²) in [5.74, 6) is 0.590. The number of rotatable bonds is 2. The summed E-state index contributed by atoms with van der Waals surface area (Å²) in [6.07, 6.45) is 3.72.